The van der Waals surface area contributed by atoms with E-state index in [0.29, 0.717) is 0 Å². The summed E-state index contributed by atoms with van der Waals surface area (Å²) in [6, 6.07) is 12.3. The largest absolute Gasteiger partial charge is 0.271 e. The second-order valence-corrected chi connectivity index (χ2v) is 5.27. The number of nitrogens with one attached hydrogen (secondary N) is 1. The van der Waals surface area contributed by atoms with Crippen molar-refractivity contribution in [2.45, 2.75) is 25.8 Å². The highest BCUT2D eigenvalue weighted by Crippen LogP contribution is 2.24. The Morgan fingerprint density at radius 3 is 2.63 bits per heavy atom. The van der Waals surface area contributed by atoms with Crippen molar-refractivity contribution in [1.82, 2.24) is 10.4 Å². The van der Waals surface area contributed by atoms with E-state index in [0.717, 1.165) is 23.0 Å². The molecule has 0 aliphatic heterocycles. The van der Waals surface area contributed by atoms with Crippen LogP contribution < -0.4 is 11.3 Å². The number of nitrogens with two attached hydrogens (primary N) is 1. The number of hydrogen-bond acceptors (Lipinski definition) is 3. The van der Waals surface area contributed by atoms with Crippen molar-refractivity contribution in [3.05, 3.63) is 63.9 Å². The number of rotatable bonds is 5. The number of benzene rings is 1. The number of hydrogen-bond donors (Lipinski definition) is 2. The fourth-order valence-electron chi connectivity index (χ4n) is 2.18. The van der Waals surface area contributed by atoms with E-state index >= 15 is 0 Å². The van der Waals surface area contributed by atoms with Gasteiger partial charge in [-0.05, 0) is 36.1 Å². The maximum atomic E-state index is 5.72. The smallest absolute Gasteiger partial charge is 0.0675 e. The average Bonchev–Trinajstić information content (AvgIpc) is 2.46. The van der Waals surface area contributed by atoms with Gasteiger partial charge in [-0.25, -0.2) is 0 Å². The summed E-state index contributed by atoms with van der Waals surface area (Å²) in [7, 11) is 0. The topological polar surface area (TPSA) is 50.9 Å². The molecular weight excluding hydrogens is 302 g/mol. The summed E-state index contributed by atoms with van der Waals surface area (Å²) in [5, 5.41) is 0. The Kier molecular flexibility index (Phi) is 5.07. The predicted molar refractivity (Wildman–Crippen MR) is 81.5 cm³/mol. The third-order valence-electron chi connectivity index (χ3n) is 3.22. The van der Waals surface area contributed by atoms with Crippen molar-refractivity contribution in [3.63, 3.8) is 0 Å². The maximum absolute atomic E-state index is 5.72. The lowest BCUT2D eigenvalue weighted by Gasteiger charge is -2.19. The van der Waals surface area contributed by atoms with Crippen LogP contribution in [0.3, 0.4) is 0 Å². The van der Waals surface area contributed by atoms with Crippen molar-refractivity contribution in [2.24, 2.45) is 5.84 Å². The molecule has 2 rings (SSSR count). The molecule has 19 heavy (non-hydrogen) atoms. The van der Waals surface area contributed by atoms with E-state index in [1.807, 2.05) is 30.5 Å². The number of halogens is 1. The Balaban J connectivity index is 2.28. The molecule has 1 aromatic heterocycles. The fraction of sp³-hybridized carbons (Fsp3) is 0.267. The van der Waals surface area contributed by atoms with Crippen LogP contribution in [-0.2, 0) is 12.8 Å². The minimum absolute atomic E-state index is 0.0230. The van der Waals surface area contributed by atoms with E-state index in [1.54, 1.807) is 0 Å². The van der Waals surface area contributed by atoms with Crippen LogP contribution in [0.1, 0.15) is 29.8 Å². The minimum atomic E-state index is 0.0230. The Bertz CT molecular complexity index is 542. The van der Waals surface area contributed by atoms with Crippen LogP contribution in [0.5, 0.6) is 0 Å². The predicted octanol–water partition coefficient (Wildman–Crippen LogP) is 3.15. The first-order valence-corrected chi connectivity index (χ1v) is 7.18. The van der Waals surface area contributed by atoms with Gasteiger partial charge in [0.15, 0.2) is 0 Å². The summed E-state index contributed by atoms with van der Waals surface area (Å²) >= 11 is 3.57. The molecule has 0 aliphatic carbocycles. The van der Waals surface area contributed by atoms with E-state index in [9.17, 15) is 0 Å². The molecule has 0 fully saturated rings. The van der Waals surface area contributed by atoms with Crippen LogP contribution in [0.25, 0.3) is 0 Å². The van der Waals surface area contributed by atoms with E-state index in [2.05, 4.69) is 45.4 Å². The normalized spacial score (nSPS) is 12.4. The first kappa shape index (κ1) is 14.2. The molecule has 0 saturated heterocycles. The Labute approximate surface area is 122 Å². The summed E-state index contributed by atoms with van der Waals surface area (Å²) in [5.41, 5.74) is 6.37. The molecule has 1 atom stereocenters. The van der Waals surface area contributed by atoms with Gasteiger partial charge < -0.3 is 0 Å². The van der Waals surface area contributed by atoms with Crippen molar-refractivity contribution in [2.75, 3.05) is 0 Å². The summed E-state index contributed by atoms with van der Waals surface area (Å²) in [6.45, 7) is 2.13. The number of pyridine rings is 1. The Hall–Kier alpha value is -1.23. The zero-order chi connectivity index (χ0) is 13.7. The van der Waals surface area contributed by atoms with Crippen molar-refractivity contribution in [1.29, 1.82) is 0 Å². The number of hydrazine groups is 1. The average molecular weight is 320 g/mol. The number of aromatic nitrogens is 1. The molecule has 4 heteroatoms. The Morgan fingerprint density at radius 1 is 1.21 bits per heavy atom. The van der Waals surface area contributed by atoms with Gasteiger partial charge in [0.25, 0.3) is 0 Å². The minimum Gasteiger partial charge on any atom is -0.271 e. The molecule has 0 saturated carbocycles. The summed E-state index contributed by atoms with van der Waals surface area (Å²) < 4.78 is 1.10. The molecule has 1 aromatic carbocycles. The quantitative estimate of drug-likeness (QED) is 0.657. The van der Waals surface area contributed by atoms with Crippen LogP contribution in [-0.4, -0.2) is 4.98 Å². The molecule has 3 N–H and O–H groups in total. The first-order chi connectivity index (χ1) is 9.26. The van der Waals surface area contributed by atoms with Gasteiger partial charge in [-0.3, -0.25) is 16.3 Å². The van der Waals surface area contributed by atoms with Crippen molar-refractivity contribution >= 4 is 15.9 Å². The van der Waals surface area contributed by atoms with Crippen LogP contribution in [0.15, 0.2) is 47.1 Å². The van der Waals surface area contributed by atoms with E-state index in [4.69, 9.17) is 5.84 Å². The summed E-state index contributed by atoms with van der Waals surface area (Å²) in [5.74, 6) is 5.72. The van der Waals surface area contributed by atoms with Crippen molar-refractivity contribution in [3.8, 4) is 0 Å². The lowest BCUT2D eigenvalue weighted by Crippen LogP contribution is -2.31. The third-order valence-corrected chi connectivity index (χ3v) is 3.99. The van der Waals surface area contributed by atoms with Gasteiger partial charge in [-0.2, -0.15) is 0 Å². The maximum Gasteiger partial charge on any atom is 0.0675 e. The van der Waals surface area contributed by atoms with Gasteiger partial charge in [0.2, 0.25) is 0 Å². The lowest BCUT2D eigenvalue weighted by molar-refractivity contribution is 0.533. The molecule has 1 unspecified atom stereocenters. The van der Waals surface area contributed by atoms with Gasteiger partial charge in [0, 0.05) is 10.7 Å². The third kappa shape index (κ3) is 3.41. The van der Waals surface area contributed by atoms with Crippen molar-refractivity contribution < 1.29 is 0 Å². The highest BCUT2D eigenvalue weighted by Gasteiger charge is 2.16. The molecule has 0 aliphatic rings. The number of aryl methyl sites for hydroxylation is 1. The van der Waals surface area contributed by atoms with E-state index < -0.39 is 0 Å². The lowest BCUT2D eigenvalue weighted by atomic mass is 9.99. The van der Waals surface area contributed by atoms with Crippen LogP contribution >= 0.6 is 15.9 Å². The van der Waals surface area contributed by atoms with Crippen LogP contribution in [0.4, 0.5) is 0 Å². The standard InChI is InChI=1S/C15H18BrN3/c1-2-11-7-5-9-18-15(11)14(19-17)10-12-6-3-4-8-13(12)16/h3-9,14,19H,2,10,17H2,1H3. The molecule has 3 nitrogen and oxygen atoms in total. The highest BCUT2D eigenvalue weighted by molar-refractivity contribution is 9.10. The molecule has 0 radical (unpaired) electrons. The zero-order valence-electron chi connectivity index (χ0n) is 10.9. The fourth-order valence-corrected chi connectivity index (χ4v) is 2.63. The van der Waals surface area contributed by atoms with Crippen LogP contribution in [0, 0.1) is 0 Å². The molecular formula is C15H18BrN3. The van der Waals surface area contributed by atoms with E-state index in [-0.39, 0.29) is 6.04 Å². The second kappa shape index (κ2) is 6.80. The Morgan fingerprint density at radius 2 is 1.95 bits per heavy atom. The van der Waals surface area contributed by atoms with E-state index in [1.165, 1.54) is 11.1 Å². The summed E-state index contributed by atoms with van der Waals surface area (Å²) in [6.07, 6.45) is 3.58. The van der Waals surface area contributed by atoms with Gasteiger partial charge in [-0.1, -0.05) is 47.1 Å². The summed E-state index contributed by atoms with van der Waals surface area (Å²) in [4.78, 5) is 4.49. The number of nitrogens with zero attached hydrogens (tertiary/aromatic N) is 1. The second-order valence-electron chi connectivity index (χ2n) is 4.42. The molecule has 0 bridgehead atoms. The molecule has 0 amide bonds. The van der Waals surface area contributed by atoms with Crippen LogP contribution in [0.2, 0.25) is 0 Å². The van der Waals surface area contributed by atoms with Gasteiger partial charge in [0.05, 0.1) is 11.7 Å². The molecule has 1 heterocycles. The van der Waals surface area contributed by atoms with Gasteiger partial charge in [0.1, 0.15) is 0 Å². The monoisotopic (exact) mass is 319 g/mol. The SMILES string of the molecule is CCc1cccnc1C(Cc1ccccc1Br)NN. The molecule has 0 spiro atoms. The zero-order valence-corrected chi connectivity index (χ0v) is 12.5. The van der Waals surface area contributed by atoms with Gasteiger partial charge in [-0.15, -0.1) is 0 Å². The first-order valence-electron chi connectivity index (χ1n) is 6.39. The molecule has 100 valence electrons. The molecule has 2 aromatic rings. The highest BCUT2D eigenvalue weighted by atomic mass is 79.9. The van der Waals surface area contributed by atoms with Gasteiger partial charge >= 0.3 is 0 Å².